The predicted octanol–water partition coefficient (Wildman–Crippen LogP) is 2.03. The van der Waals surface area contributed by atoms with E-state index in [9.17, 15) is 4.79 Å². The van der Waals surface area contributed by atoms with E-state index in [1.807, 2.05) is 6.92 Å². The smallest absolute Gasteiger partial charge is 0.305 e. The molecule has 0 amide bonds. The molecule has 19 heavy (non-hydrogen) atoms. The maximum atomic E-state index is 11.4. The average Bonchev–Trinajstić information content (AvgIpc) is 2.82. The summed E-state index contributed by atoms with van der Waals surface area (Å²) in [6, 6.07) is 0. The summed E-state index contributed by atoms with van der Waals surface area (Å²) in [4.78, 5) is 11.4. The van der Waals surface area contributed by atoms with Gasteiger partial charge in [-0.2, -0.15) is 0 Å². The van der Waals surface area contributed by atoms with E-state index < -0.39 is 11.4 Å². The minimum atomic E-state index is -0.712. The molecular formula is C14H24O5. The van der Waals surface area contributed by atoms with Gasteiger partial charge in [0.05, 0.1) is 25.9 Å². The Morgan fingerprint density at radius 1 is 1.16 bits per heavy atom. The number of hydrogen-bond donors (Lipinski definition) is 0. The summed E-state index contributed by atoms with van der Waals surface area (Å²) >= 11 is 0. The summed E-state index contributed by atoms with van der Waals surface area (Å²) in [7, 11) is 1.40. The molecule has 2 aliphatic heterocycles. The lowest BCUT2D eigenvalue weighted by molar-refractivity contribution is -0.338. The lowest BCUT2D eigenvalue weighted by Gasteiger charge is -2.53. The third kappa shape index (κ3) is 2.78. The number of rotatable bonds is 3. The van der Waals surface area contributed by atoms with Gasteiger partial charge in [0.2, 0.25) is 0 Å². The Balaban J connectivity index is 2.16. The van der Waals surface area contributed by atoms with E-state index in [-0.39, 0.29) is 11.6 Å². The van der Waals surface area contributed by atoms with Crippen LogP contribution in [0.4, 0.5) is 0 Å². The van der Waals surface area contributed by atoms with Crippen LogP contribution in [-0.2, 0) is 23.7 Å². The van der Waals surface area contributed by atoms with Gasteiger partial charge in [-0.15, -0.1) is 0 Å². The van der Waals surface area contributed by atoms with Crippen LogP contribution in [0.15, 0.2) is 0 Å². The van der Waals surface area contributed by atoms with Gasteiger partial charge in [-0.25, -0.2) is 0 Å². The van der Waals surface area contributed by atoms with E-state index in [2.05, 4.69) is 13.8 Å². The van der Waals surface area contributed by atoms with E-state index in [1.165, 1.54) is 7.11 Å². The van der Waals surface area contributed by atoms with Gasteiger partial charge in [-0.1, -0.05) is 0 Å². The fraction of sp³-hybridized carbons (Fsp3) is 0.929. The van der Waals surface area contributed by atoms with Gasteiger partial charge in [0.25, 0.3) is 0 Å². The topological polar surface area (TPSA) is 54.0 Å². The molecule has 2 aliphatic rings. The largest absolute Gasteiger partial charge is 0.469 e. The lowest BCUT2D eigenvalue weighted by atomic mass is 9.79. The Kier molecular flexibility index (Phi) is 3.91. The van der Waals surface area contributed by atoms with Gasteiger partial charge >= 0.3 is 5.97 Å². The normalized spacial score (nSPS) is 32.4. The van der Waals surface area contributed by atoms with Crippen LogP contribution >= 0.6 is 0 Å². The monoisotopic (exact) mass is 272 g/mol. The van der Waals surface area contributed by atoms with Gasteiger partial charge in [-0.05, 0) is 33.6 Å². The number of methoxy groups -OCH3 is 1. The van der Waals surface area contributed by atoms with Gasteiger partial charge in [0.15, 0.2) is 5.79 Å². The molecule has 5 heteroatoms. The first-order valence-corrected chi connectivity index (χ1v) is 6.87. The van der Waals surface area contributed by atoms with Crippen molar-refractivity contribution >= 4 is 5.97 Å². The van der Waals surface area contributed by atoms with Crippen LogP contribution in [0.3, 0.4) is 0 Å². The molecule has 1 atom stereocenters. The predicted molar refractivity (Wildman–Crippen MR) is 68.7 cm³/mol. The van der Waals surface area contributed by atoms with Gasteiger partial charge < -0.3 is 18.9 Å². The molecule has 0 N–H and O–H groups in total. The van der Waals surface area contributed by atoms with Gasteiger partial charge in [0, 0.05) is 12.8 Å². The molecule has 2 rings (SSSR count). The molecule has 0 aromatic heterocycles. The summed E-state index contributed by atoms with van der Waals surface area (Å²) in [6.07, 6.45) is 2.50. The van der Waals surface area contributed by atoms with Crippen molar-refractivity contribution in [1.29, 1.82) is 0 Å². The quantitative estimate of drug-likeness (QED) is 0.736. The molecule has 0 unspecified atom stereocenters. The van der Waals surface area contributed by atoms with Crippen LogP contribution in [0.2, 0.25) is 0 Å². The first-order valence-electron chi connectivity index (χ1n) is 6.87. The SMILES string of the molecule is COC(=O)CC[C@@]1(C)OC(C)(C)CCC12OCCO2. The van der Waals surface area contributed by atoms with Crippen LogP contribution in [-0.4, -0.2) is 43.3 Å². The summed E-state index contributed by atoms with van der Waals surface area (Å²) in [5, 5.41) is 0. The Hall–Kier alpha value is -0.650. The van der Waals surface area contributed by atoms with Crippen molar-refractivity contribution in [2.45, 2.75) is 63.4 Å². The molecule has 1 spiro atoms. The van der Waals surface area contributed by atoms with Gasteiger partial charge in [-0.3, -0.25) is 4.79 Å². The van der Waals surface area contributed by atoms with E-state index in [1.54, 1.807) is 0 Å². The molecule has 0 aromatic carbocycles. The minimum Gasteiger partial charge on any atom is -0.469 e. The molecule has 0 aromatic rings. The molecule has 2 saturated heterocycles. The first-order chi connectivity index (χ1) is 8.83. The van der Waals surface area contributed by atoms with E-state index in [0.29, 0.717) is 26.1 Å². The van der Waals surface area contributed by atoms with Crippen molar-refractivity contribution in [3.05, 3.63) is 0 Å². The van der Waals surface area contributed by atoms with Crippen molar-refractivity contribution < 1.29 is 23.7 Å². The number of esters is 1. The molecule has 5 nitrogen and oxygen atoms in total. The fourth-order valence-electron chi connectivity index (χ4n) is 3.06. The Bertz CT molecular complexity index is 346. The van der Waals surface area contributed by atoms with E-state index in [4.69, 9.17) is 18.9 Å². The van der Waals surface area contributed by atoms with E-state index in [0.717, 1.165) is 12.8 Å². The third-order valence-corrected chi connectivity index (χ3v) is 4.15. The zero-order chi connectivity index (χ0) is 14.1. The molecular weight excluding hydrogens is 248 g/mol. The zero-order valence-corrected chi connectivity index (χ0v) is 12.3. The van der Waals surface area contributed by atoms with Crippen LogP contribution in [0, 0.1) is 0 Å². The fourth-order valence-corrected chi connectivity index (χ4v) is 3.06. The van der Waals surface area contributed by atoms with Crippen molar-refractivity contribution in [1.82, 2.24) is 0 Å². The van der Waals surface area contributed by atoms with Crippen molar-refractivity contribution in [2.24, 2.45) is 0 Å². The van der Waals surface area contributed by atoms with Crippen molar-refractivity contribution in [3.63, 3.8) is 0 Å². The van der Waals surface area contributed by atoms with E-state index >= 15 is 0 Å². The highest BCUT2D eigenvalue weighted by atomic mass is 16.8. The summed E-state index contributed by atoms with van der Waals surface area (Å²) in [5.74, 6) is -0.947. The standard InChI is InChI=1S/C14H24O5/c1-12(2)7-8-14(17-9-10-18-14)13(3,19-12)6-5-11(15)16-4/h5-10H2,1-4H3/t13-/m1/s1. The highest BCUT2D eigenvalue weighted by Crippen LogP contribution is 2.48. The van der Waals surface area contributed by atoms with Crippen LogP contribution < -0.4 is 0 Å². The third-order valence-electron chi connectivity index (χ3n) is 4.15. The molecule has 2 heterocycles. The Morgan fingerprint density at radius 2 is 1.79 bits per heavy atom. The van der Waals surface area contributed by atoms with Crippen LogP contribution in [0.1, 0.15) is 46.5 Å². The molecule has 2 fully saturated rings. The Labute approximate surface area is 114 Å². The number of ether oxygens (including phenoxy) is 4. The highest BCUT2D eigenvalue weighted by molar-refractivity contribution is 5.69. The average molecular weight is 272 g/mol. The maximum Gasteiger partial charge on any atom is 0.305 e. The second-order valence-electron chi connectivity index (χ2n) is 6.12. The number of carbonyl (C=O) groups is 1. The molecule has 0 aliphatic carbocycles. The van der Waals surface area contributed by atoms with Gasteiger partial charge in [0.1, 0.15) is 5.60 Å². The number of carbonyl (C=O) groups excluding carboxylic acids is 1. The Morgan fingerprint density at radius 3 is 2.37 bits per heavy atom. The lowest BCUT2D eigenvalue weighted by Crippen LogP contribution is -2.62. The molecule has 110 valence electrons. The van der Waals surface area contributed by atoms with Crippen LogP contribution in [0.5, 0.6) is 0 Å². The second kappa shape index (κ2) is 5.04. The second-order valence-corrected chi connectivity index (χ2v) is 6.12. The molecule has 0 saturated carbocycles. The molecule has 0 bridgehead atoms. The highest BCUT2D eigenvalue weighted by Gasteiger charge is 2.59. The zero-order valence-electron chi connectivity index (χ0n) is 12.3. The maximum absolute atomic E-state index is 11.4. The summed E-state index contributed by atoms with van der Waals surface area (Å²) < 4.78 is 22.7. The van der Waals surface area contributed by atoms with Crippen LogP contribution in [0.25, 0.3) is 0 Å². The minimum absolute atomic E-state index is 0.231. The number of hydrogen-bond acceptors (Lipinski definition) is 5. The summed E-state index contributed by atoms with van der Waals surface area (Å²) in [5.41, 5.74) is -0.856. The first kappa shape index (κ1) is 14.8. The summed E-state index contributed by atoms with van der Waals surface area (Å²) in [6.45, 7) is 7.26. The van der Waals surface area contributed by atoms with Crippen molar-refractivity contribution in [2.75, 3.05) is 20.3 Å². The molecule has 0 radical (unpaired) electrons. The van der Waals surface area contributed by atoms with Crippen molar-refractivity contribution in [3.8, 4) is 0 Å².